The van der Waals surface area contributed by atoms with Crippen LogP contribution in [0, 0.1) is 0 Å². The Hall–Kier alpha value is -2.05. The molecule has 0 unspecified atom stereocenters. The van der Waals surface area contributed by atoms with Gasteiger partial charge in [-0.3, -0.25) is 14.3 Å². The summed E-state index contributed by atoms with van der Waals surface area (Å²) < 4.78 is 2.36. The van der Waals surface area contributed by atoms with Gasteiger partial charge in [-0.1, -0.05) is 6.07 Å². The molecule has 0 fully saturated rings. The summed E-state index contributed by atoms with van der Waals surface area (Å²) >= 11 is 1.44. The molecule has 0 spiro atoms. The number of rotatable bonds is 5. The first kappa shape index (κ1) is 13.0. The van der Waals surface area contributed by atoms with Gasteiger partial charge in [0.05, 0.1) is 17.5 Å². The fraction of sp³-hybridized carbons (Fsp3) is 0.214. The molecule has 1 N–H and O–H groups in total. The van der Waals surface area contributed by atoms with Crippen molar-refractivity contribution in [3.63, 3.8) is 0 Å². The quantitative estimate of drug-likeness (QED) is 0.724. The van der Waals surface area contributed by atoms with Gasteiger partial charge in [0, 0.05) is 25.8 Å². The van der Waals surface area contributed by atoms with Gasteiger partial charge in [-0.25, -0.2) is 4.98 Å². The van der Waals surface area contributed by atoms with Crippen LogP contribution < -0.4 is 10.9 Å². The van der Waals surface area contributed by atoms with Crippen molar-refractivity contribution in [1.82, 2.24) is 19.9 Å². The zero-order valence-corrected chi connectivity index (χ0v) is 11.6. The van der Waals surface area contributed by atoms with E-state index in [4.69, 9.17) is 0 Å². The number of hydrogen-bond donors (Lipinski definition) is 1. The van der Waals surface area contributed by atoms with Crippen molar-refractivity contribution in [2.45, 2.75) is 13.1 Å². The highest BCUT2D eigenvalue weighted by Gasteiger charge is 2.04. The lowest BCUT2D eigenvalue weighted by Gasteiger charge is -2.06. The highest BCUT2D eigenvalue weighted by atomic mass is 32.1. The zero-order chi connectivity index (χ0) is 13.8. The van der Waals surface area contributed by atoms with Gasteiger partial charge in [0.2, 0.25) is 0 Å². The Labute approximate surface area is 119 Å². The smallest absolute Gasteiger partial charge is 0.271 e. The average molecular weight is 286 g/mol. The molecular formula is C14H14N4OS. The predicted octanol–water partition coefficient (Wildman–Crippen LogP) is 1.64. The van der Waals surface area contributed by atoms with Crippen LogP contribution in [0.25, 0.3) is 10.2 Å². The third kappa shape index (κ3) is 2.76. The standard InChI is InChI=1S/C14H14N4OS/c19-14-13-12(4-8-20-13)17-10-18(14)7-6-15-9-11-3-1-2-5-16-11/h1-5,8,10,15H,6-7,9H2. The molecule has 3 aromatic heterocycles. The SMILES string of the molecule is O=c1c2sccc2ncn1CCNCc1ccccn1. The predicted molar refractivity (Wildman–Crippen MR) is 79.8 cm³/mol. The molecule has 0 aliphatic heterocycles. The van der Waals surface area contributed by atoms with Gasteiger partial charge in [0.25, 0.3) is 5.56 Å². The number of thiophene rings is 1. The van der Waals surface area contributed by atoms with Crippen LogP contribution in [0.4, 0.5) is 0 Å². The Kier molecular flexibility index (Phi) is 3.85. The third-order valence-corrected chi connectivity index (χ3v) is 3.89. The van der Waals surface area contributed by atoms with Crippen LogP contribution >= 0.6 is 11.3 Å². The summed E-state index contributed by atoms with van der Waals surface area (Å²) in [6.07, 6.45) is 3.38. The van der Waals surface area contributed by atoms with Crippen molar-refractivity contribution in [1.29, 1.82) is 0 Å². The van der Waals surface area contributed by atoms with Crippen LogP contribution in [0.3, 0.4) is 0 Å². The lowest BCUT2D eigenvalue weighted by molar-refractivity contribution is 0.578. The molecular weight excluding hydrogens is 272 g/mol. The molecule has 0 saturated heterocycles. The van der Waals surface area contributed by atoms with Gasteiger partial charge in [-0.2, -0.15) is 0 Å². The van der Waals surface area contributed by atoms with Gasteiger partial charge in [-0.15, -0.1) is 11.3 Å². The number of nitrogens with one attached hydrogen (secondary N) is 1. The second kappa shape index (κ2) is 5.94. The fourth-order valence-corrected chi connectivity index (χ4v) is 2.75. The van der Waals surface area contributed by atoms with E-state index in [9.17, 15) is 4.79 Å². The molecule has 20 heavy (non-hydrogen) atoms. The third-order valence-electron chi connectivity index (χ3n) is 3.00. The molecule has 0 saturated carbocycles. The fourth-order valence-electron chi connectivity index (χ4n) is 1.96. The molecule has 0 radical (unpaired) electrons. The van der Waals surface area contributed by atoms with Gasteiger partial charge >= 0.3 is 0 Å². The summed E-state index contributed by atoms with van der Waals surface area (Å²) in [5, 5.41) is 5.16. The summed E-state index contributed by atoms with van der Waals surface area (Å²) in [6, 6.07) is 7.69. The van der Waals surface area contributed by atoms with Crippen LogP contribution in [0.2, 0.25) is 0 Å². The molecule has 5 nitrogen and oxygen atoms in total. The van der Waals surface area contributed by atoms with Crippen molar-refractivity contribution in [2.24, 2.45) is 0 Å². The summed E-state index contributed by atoms with van der Waals surface area (Å²) in [5.41, 5.74) is 1.80. The minimum absolute atomic E-state index is 0.0321. The molecule has 6 heteroatoms. The van der Waals surface area contributed by atoms with Crippen LogP contribution in [-0.2, 0) is 13.1 Å². The Morgan fingerprint density at radius 1 is 1.25 bits per heavy atom. The second-order valence-electron chi connectivity index (χ2n) is 4.38. The van der Waals surface area contributed by atoms with Gasteiger partial charge < -0.3 is 5.32 Å². The molecule has 0 aliphatic rings. The Bertz CT molecular complexity index is 750. The monoisotopic (exact) mass is 286 g/mol. The van der Waals surface area contributed by atoms with E-state index in [-0.39, 0.29) is 5.56 Å². The minimum Gasteiger partial charge on any atom is -0.309 e. The van der Waals surface area contributed by atoms with Crippen LogP contribution in [0.1, 0.15) is 5.69 Å². The highest BCUT2D eigenvalue weighted by Crippen LogP contribution is 2.12. The van der Waals surface area contributed by atoms with E-state index in [1.54, 1.807) is 17.1 Å². The summed E-state index contributed by atoms with van der Waals surface area (Å²) in [4.78, 5) is 20.7. The van der Waals surface area contributed by atoms with E-state index in [2.05, 4.69) is 15.3 Å². The maximum Gasteiger partial charge on any atom is 0.271 e. The molecule has 0 aliphatic carbocycles. The average Bonchev–Trinajstić information content (AvgIpc) is 2.96. The van der Waals surface area contributed by atoms with Crippen LogP contribution in [-0.4, -0.2) is 21.1 Å². The molecule has 102 valence electrons. The van der Waals surface area contributed by atoms with Crippen molar-refractivity contribution in [3.8, 4) is 0 Å². The van der Waals surface area contributed by atoms with Gasteiger partial charge in [0.1, 0.15) is 4.70 Å². The largest absolute Gasteiger partial charge is 0.309 e. The lowest BCUT2D eigenvalue weighted by Crippen LogP contribution is -2.26. The van der Waals surface area contributed by atoms with E-state index < -0.39 is 0 Å². The Morgan fingerprint density at radius 2 is 2.20 bits per heavy atom. The van der Waals surface area contributed by atoms with Crippen molar-refractivity contribution >= 4 is 21.6 Å². The van der Waals surface area contributed by atoms with Gasteiger partial charge in [-0.05, 0) is 23.6 Å². The maximum absolute atomic E-state index is 12.1. The summed E-state index contributed by atoms with van der Waals surface area (Å²) in [7, 11) is 0. The Morgan fingerprint density at radius 3 is 3.05 bits per heavy atom. The maximum atomic E-state index is 12.1. The number of hydrogen-bond acceptors (Lipinski definition) is 5. The van der Waals surface area contributed by atoms with E-state index in [1.807, 2.05) is 29.6 Å². The first-order valence-electron chi connectivity index (χ1n) is 6.38. The number of pyridine rings is 1. The zero-order valence-electron chi connectivity index (χ0n) is 10.8. The van der Waals surface area contributed by atoms with Crippen LogP contribution in [0.15, 0.2) is 47.0 Å². The van der Waals surface area contributed by atoms with Crippen molar-refractivity contribution in [3.05, 3.63) is 58.2 Å². The number of nitrogens with zero attached hydrogens (tertiary/aromatic N) is 3. The highest BCUT2D eigenvalue weighted by molar-refractivity contribution is 7.17. The Balaban J connectivity index is 1.60. The molecule has 0 amide bonds. The van der Waals surface area contributed by atoms with Crippen molar-refractivity contribution in [2.75, 3.05) is 6.54 Å². The van der Waals surface area contributed by atoms with Crippen molar-refractivity contribution < 1.29 is 0 Å². The molecule has 3 rings (SSSR count). The van der Waals surface area contributed by atoms with Gasteiger partial charge in [0.15, 0.2) is 0 Å². The molecule has 3 heterocycles. The van der Waals surface area contributed by atoms with E-state index in [1.165, 1.54) is 11.3 Å². The molecule has 0 aromatic carbocycles. The number of fused-ring (bicyclic) bond motifs is 1. The molecule has 3 aromatic rings. The molecule has 0 bridgehead atoms. The normalized spacial score (nSPS) is 11.0. The first-order chi connectivity index (χ1) is 9.84. The molecule has 0 atom stereocenters. The topological polar surface area (TPSA) is 59.8 Å². The van der Waals surface area contributed by atoms with E-state index in [0.717, 1.165) is 15.9 Å². The van der Waals surface area contributed by atoms with E-state index in [0.29, 0.717) is 19.6 Å². The van der Waals surface area contributed by atoms with Crippen LogP contribution in [0.5, 0.6) is 0 Å². The second-order valence-corrected chi connectivity index (χ2v) is 5.29. The summed E-state index contributed by atoms with van der Waals surface area (Å²) in [5.74, 6) is 0. The number of aromatic nitrogens is 3. The lowest BCUT2D eigenvalue weighted by atomic mass is 10.3. The summed E-state index contributed by atoms with van der Waals surface area (Å²) in [6.45, 7) is 2.01. The minimum atomic E-state index is 0.0321. The van der Waals surface area contributed by atoms with E-state index >= 15 is 0 Å². The first-order valence-corrected chi connectivity index (χ1v) is 7.26.